The lowest BCUT2D eigenvalue weighted by molar-refractivity contribution is -0.177. The van der Waals surface area contributed by atoms with Crippen LogP contribution in [0, 0.1) is 0 Å². The smallest absolute Gasteiger partial charge is 0.344 e. The third kappa shape index (κ3) is 2.01. The molecule has 3 N–H and O–H groups in total. The molecule has 0 aliphatic carbocycles. The normalized spacial score (nSPS) is 22.9. The van der Waals surface area contributed by atoms with Crippen molar-refractivity contribution in [3.63, 3.8) is 0 Å². The van der Waals surface area contributed by atoms with Crippen molar-refractivity contribution in [2.45, 2.75) is 31.7 Å². The van der Waals surface area contributed by atoms with Gasteiger partial charge in [-0.25, -0.2) is 9.78 Å². The average Bonchev–Trinajstić information content (AvgIpc) is 3.02. The Morgan fingerprint density at radius 1 is 1.33 bits per heavy atom. The summed E-state index contributed by atoms with van der Waals surface area (Å²) < 4.78 is 6.63. The first-order valence-electron chi connectivity index (χ1n) is 8.80. The lowest BCUT2D eigenvalue weighted by Crippen LogP contribution is -2.47. The molecule has 0 spiro atoms. The van der Waals surface area contributed by atoms with Crippen LogP contribution in [0.5, 0.6) is 0 Å². The Bertz CT molecular complexity index is 1200. The van der Waals surface area contributed by atoms with Crippen molar-refractivity contribution in [1.29, 1.82) is 0 Å². The summed E-state index contributed by atoms with van der Waals surface area (Å²) in [4.78, 5) is 30.1. The minimum absolute atomic E-state index is 0.0758. The summed E-state index contributed by atoms with van der Waals surface area (Å²) in [6.45, 7) is 2.02. The van der Waals surface area contributed by atoms with Crippen molar-refractivity contribution in [3.05, 3.63) is 63.4 Å². The Hall–Kier alpha value is -3.03. The highest BCUT2D eigenvalue weighted by molar-refractivity contribution is 5.86. The van der Waals surface area contributed by atoms with E-state index in [1.165, 1.54) is 0 Å². The summed E-state index contributed by atoms with van der Waals surface area (Å²) >= 11 is 0. The molecule has 2 aromatic heterocycles. The Morgan fingerprint density at radius 3 is 2.89 bits per heavy atom. The van der Waals surface area contributed by atoms with E-state index < -0.39 is 17.8 Å². The van der Waals surface area contributed by atoms with E-state index in [1.54, 1.807) is 17.6 Å². The lowest BCUT2D eigenvalue weighted by atomic mass is 9.85. The molecule has 0 saturated carbocycles. The molecule has 2 atom stereocenters. The van der Waals surface area contributed by atoms with Crippen LogP contribution in [-0.2, 0) is 21.7 Å². The highest BCUT2D eigenvalue weighted by Gasteiger charge is 2.48. The molecule has 1 aromatic carbocycles. The van der Waals surface area contributed by atoms with Crippen LogP contribution in [0.15, 0.2) is 41.2 Å². The van der Waals surface area contributed by atoms with E-state index in [9.17, 15) is 14.7 Å². The van der Waals surface area contributed by atoms with Gasteiger partial charge in [-0.15, -0.1) is 0 Å². The number of carbonyl (C=O) groups excluding carboxylic acids is 1. The van der Waals surface area contributed by atoms with Crippen molar-refractivity contribution in [2.24, 2.45) is 5.73 Å². The Balaban J connectivity index is 1.83. The number of aromatic nitrogens is 2. The summed E-state index contributed by atoms with van der Waals surface area (Å²) in [6.07, 6.45) is -1.12. The maximum atomic E-state index is 13.1. The Morgan fingerprint density at radius 2 is 2.11 bits per heavy atom. The zero-order chi connectivity index (χ0) is 18.9. The summed E-state index contributed by atoms with van der Waals surface area (Å²) in [7, 11) is 0. The zero-order valence-corrected chi connectivity index (χ0v) is 14.6. The van der Waals surface area contributed by atoms with Gasteiger partial charge in [-0.05, 0) is 24.6 Å². The fourth-order valence-electron chi connectivity index (χ4n) is 4.02. The third-order valence-corrected chi connectivity index (χ3v) is 5.53. The molecule has 0 fully saturated rings. The number of carbonyl (C=O) groups is 1. The van der Waals surface area contributed by atoms with Crippen LogP contribution in [0.25, 0.3) is 22.3 Å². The van der Waals surface area contributed by atoms with Crippen molar-refractivity contribution >= 4 is 16.9 Å². The van der Waals surface area contributed by atoms with Gasteiger partial charge in [0.05, 0.1) is 29.0 Å². The average molecular weight is 363 g/mol. The van der Waals surface area contributed by atoms with Gasteiger partial charge in [0.1, 0.15) is 0 Å². The minimum atomic E-state index is -1.89. The van der Waals surface area contributed by atoms with Crippen LogP contribution < -0.4 is 11.3 Å². The van der Waals surface area contributed by atoms with Crippen LogP contribution >= 0.6 is 0 Å². The Kier molecular flexibility index (Phi) is 3.14. The molecule has 2 aliphatic heterocycles. The number of para-hydroxylation sites is 1. The SMILES string of the molecule is CC[C@@]1(O)C(=O)OC(N)c2c1cc1n(c2=O)Cc2cc3ccccc3nc2-1. The molecule has 136 valence electrons. The fourth-order valence-corrected chi connectivity index (χ4v) is 4.02. The van der Waals surface area contributed by atoms with Gasteiger partial charge < -0.3 is 14.4 Å². The quantitative estimate of drug-likeness (QED) is 0.497. The molecule has 5 rings (SSSR count). The highest BCUT2D eigenvalue weighted by atomic mass is 16.6. The van der Waals surface area contributed by atoms with Crippen molar-refractivity contribution in [1.82, 2.24) is 9.55 Å². The van der Waals surface area contributed by atoms with Crippen LogP contribution in [0.4, 0.5) is 0 Å². The summed E-state index contributed by atoms with van der Waals surface area (Å²) in [5.74, 6) is -0.834. The maximum absolute atomic E-state index is 13.1. The molecule has 2 aliphatic rings. The molecule has 7 nitrogen and oxygen atoms in total. The fraction of sp³-hybridized carbons (Fsp3) is 0.250. The van der Waals surface area contributed by atoms with Crippen molar-refractivity contribution in [3.8, 4) is 11.4 Å². The number of benzene rings is 1. The number of cyclic esters (lactones) is 1. The number of aliphatic hydroxyl groups is 1. The molecule has 0 radical (unpaired) electrons. The van der Waals surface area contributed by atoms with E-state index in [2.05, 4.69) is 0 Å². The Labute approximate surface area is 154 Å². The lowest BCUT2D eigenvalue weighted by Gasteiger charge is -2.34. The highest BCUT2D eigenvalue weighted by Crippen LogP contribution is 2.40. The first kappa shape index (κ1) is 16.2. The monoisotopic (exact) mass is 363 g/mol. The topological polar surface area (TPSA) is 107 Å². The second kappa shape index (κ2) is 5.25. The molecular weight excluding hydrogens is 346 g/mol. The molecule has 0 amide bonds. The molecule has 27 heavy (non-hydrogen) atoms. The van der Waals surface area contributed by atoms with Gasteiger partial charge in [-0.2, -0.15) is 0 Å². The molecule has 3 aromatic rings. The molecule has 4 heterocycles. The van der Waals surface area contributed by atoms with Gasteiger partial charge in [0.2, 0.25) is 0 Å². The van der Waals surface area contributed by atoms with Crippen LogP contribution in [0.1, 0.15) is 36.3 Å². The van der Waals surface area contributed by atoms with Gasteiger partial charge in [0.15, 0.2) is 11.8 Å². The standard InChI is InChI=1S/C20H17N3O4/c1-2-20(26)12-8-14-16-11(7-10-5-3-4-6-13(10)22-16)9-23(14)18(24)15(12)17(21)27-19(20)25/h3-8,17,26H,2,9,21H2,1H3/t17?,20-/m0/s1. The second-order valence-electron chi connectivity index (χ2n) is 6.98. The summed E-state index contributed by atoms with van der Waals surface area (Å²) in [5.41, 5.74) is 6.98. The van der Waals surface area contributed by atoms with Gasteiger partial charge in [-0.3, -0.25) is 10.5 Å². The number of pyridine rings is 2. The van der Waals surface area contributed by atoms with Crippen molar-refractivity contribution < 1.29 is 14.6 Å². The summed E-state index contributed by atoms with van der Waals surface area (Å²) in [6, 6.07) is 11.4. The number of hydrogen-bond donors (Lipinski definition) is 2. The van der Waals surface area contributed by atoms with E-state index >= 15 is 0 Å². The molecular formula is C20H17N3O4. The molecule has 7 heteroatoms. The second-order valence-corrected chi connectivity index (χ2v) is 6.98. The van der Waals surface area contributed by atoms with E-state index in [0.717, 1.165) is 16.5 Å². The molecule has 0 bridgehead atoms. The van der Waals surface area contributed by atoms with Gasteiger partial charge in [0.25, 0.3) is 5.56 Å². The number of esters is 1. The molecule has 0 saturated heterocycles. The van der Waals surface area contributed by atoms with Gasteiger partial charge >= 0.3 is 5.97 Å². The van der Waals surface area contributed by atoms with Gasteiger partial charge in [0, 0.05) is 16.5 Å². The van der Waals surface area contributed by atoms with E-state index in [1.807, 2.05) is 30.3 Å². The van der Waals surface area contributed by atoms with E-state index in [0.29, 0.717) is 17.9 Å². The van der Waals surface area contributed by atoms with Gasteiger partial charge in [-0.1, -0.05) is 25.1 Å². The first-order chi connectivity index (χ1) is 12.9. The first-order valence-corrected chi connectivity index (χ1v) is 8.80. The predicted octanol–water partition coefficient (Wildman–Crippen LogP) is 1.54. The number of nitrogens with zero attached hydrogens (tertiary/aromatic N) is 2. The van der Waals surface area contributed by atoms with E-state index in [-0.39, 0.29) is 23.1 Å². The van der Waals surface area contributed by atoms with E-state index in [4.69, 9.17) is 15.5 Å². The number of hydrogen-bond acceptors (Lipinski definition) is 6. The van der Waals surface area contributed by atoms with Crippen LogP contribution in [-0.4, -0.2) is 20.6 Å². The predicted molar refractivity (Wildman–Crippen MR) is 97.7 cm³/mol. The largest absolute Gasteiger partial charge is 0.440 e. The van der Waals surface area contributed by atoms with Crippen LogP contribution in [0.3, 0.4) is 0 Å². The number of ether oxygens (including phenoxy) is 1. The number of rotatable bonds is 1. The number of nitrogens with two attached hydrogens (primary N) is 1. The molecule has 1 unspecified atom stereocenters. The minimum Gasteiger partial charge on any atom is -0.440 e. The summed E-state index contributed by atoms with van der Waals surface area (Å²) in [5, 5.41) is 11.9. The zero-order valence-electron chi connectivity index (χ0n) is 14.6. The van der Waals surface area contributed by atoms with Crippen LogP contribution in [0.2, 0.25) is 0 Å². The third-order valence-electron chi connectivity index (χ3n) is 5.53. The van der Waals surface area contributed by atoms with Crippen molar-refractivity contribution in [2.75, 3.05) is 0 Å². The maximum Gasteiger partial charge on any atom is 0.344 e. The number of fused-ring (bicyclic) bond motifs is 5.